The molecule has 6 heteroatoms. The highest BCUT2D eigenvalue weighted by Gasteiger charge is 2.34. The minimum Gasteiger partial charge on any atom is -0.497 e. The number of carbonyl (C=O) groups is 1. The number of rotatable bonds is 5. The van der Waals surface area contributed by atoms with Gasteiger partial charge >= 0.3 is 0 Å². The second kappa shape index (κ2) is 7.99. The van der Waals surface area contributed by atoms with Gasteiger partial charge in [0.2, 0.25) is 5.91 Å². The lowest BCUT2D eigenvalue weighted by Gasteiger charge is -2.38. The molecule has 2 aromatic rings. The number of methoxy groups -OCH3 is 1. The van der Waals surface area contributed by atoms with Crippen LogP contribution in [0, 0.1) is 0 Å². The molecule has 0 spiro atoms. The van der Waals surface area contributed by atoms with Gasteiger partial charge in [0.25, 0.3) is 0 Å². The van der Waals surface area contributed by atoms with E-state index < -0.39 is 0 Å². The zero-order chi connectivity index (χ0) is 19.6. The normalized spacial score (nSPS) is 17.6. The molecule has 1 amide bonds. The third-order valence-electron chi connectivity index (χ3n) is 4.68. The first-order valence-corrected chi connectivity index (χ1v) is 9.64. The molecule has 0 saturated heterocycles. The molecule has 1 atom stereocenters. The van der Waals surface area contributed by atoms with Gasteiger partial charge in [0.1, 0.15) is 17.1 Å². The smallest absolute Gasteiger partial charge is 0.220 e. The molecule has 0 saturated carbocycles. The van der Waals surface area contributed by atoms with Gasteiger partial charge in [-0.25, -0.2) is 0 Å². The van der Waals surface area contributed by atoms with E-state index in [2.05, 4.69) is 5.32 Å². The summed E-state index contributed by atoms with van der Waals surface area (Å²) in [7, 11) is 1.62. The summed E-state index contributed by atoms with van der Waals surface area (Å²) in [6, 6.07) is 10.9. The van der Waals surface area contributed by atoms with Crippen molar-refractivity contribution in [2.45, 2.75) is 44.8 Å². The van der Waals surface area contributed by atoms with E-state index in [4.69, 9.17) is 32.7 Å². The van der Waals surface area contributed by atoms with E-state index in [0.717, 1.165) is 22.6 Å². The first-order valence-electron chi connectivity index (χ1n) is 8.88. The van der Waals surface area contributed by atoms with Crippen LogP contribution in [0.3, 0.4) is 0 Å². The zero-order valence-corrected chi connectivity index (χ0v) is 17.2. The summed E-state index contributed by atoms with van der Waals surface area (Å²) in [4.78, 5) is 12.6. The molecule has 1 N–H and O–H groups in total. The molecule has 3 rings (SSSR count). The molecule has 0 aromatic heterocycles. The van der Waals surface area contributed by atoms with Crippen LogP contribution in [0.2, 0.25) is 10.0 Å². The van der Waals surface area contributed by atoms with Crippen LogP contribution in [-0.2, 0) is 11.2 Å². The van der Waals surface area contributed by atoms with Crippen molar-refractivity contribution in [3.05, 3.63) is 57.6 Å². The molecule has 0 aliphatic carbocycles. The molecule has 1 heterocycles. The molecule has 0 fully saturated rings. The van der Waals surface area contributed by atoms with E-state index in [-0.39, 0.29) is 17.6 Å². The fourth-order valence-corrected chi connectivity index (χ4v) is 3.95. The van der Waals surface area contributed by atoms with Gasteiger partial charge in [-0.15, -0.1) is 0 Å². The van der Waals surface area contributed by atoms with E-state index in [9.17, 15) is 4.79 Å². The van der Waals surface area contributed by atoms with Crippen molar-refractivity contribution in [2.75, 3.05) is 7.11 Å². The Labute approximate surface area is 169 Å². The van der Waals surface area contributed by atoms with Gasteiger partial charge in [0, 0.05) is 34.5 Å². The van der Waals surface area contributed by atoms with Crippen molar-refractivity contribution in [3.63, 3.8) is 0 Å². The molecular weight excluding hydrogens is 385 g/mol. The number of amides is 1. The molecule has 2 aromatic carbocycles. The van der Waals surface area contributed by atoms with Gasteiger partial charge in [0.15, 0.2) is 0 Å². The highest BCUT2D eigenvalue weighted by Crippen LogP contribution is 2.41. The predicted molar refractivity (Wildman–Crippen MR) is 108 cm³/mol. The van der Waals surface area contributed by atoms with Gasteiger partial charge in [-0.3, -0.25) is 4.79 Å². The minimum atomic E-state index is -0.386. The van der Waals surface area contributed by atoms with Crippen LogP contribution in [0.5, 0.6) is 11.5 Å². The maximum absolute atomic E-state index is 12.6. The molecule has 1 aliphatic rings. The average Bonchev–Trinajstić information content (AvgIpc) is 2.59. The summed E-state index contributed by atoms with van der Waals surface area (Å²) < 4.78 is 11.4. The summed E-state index contributed by atoms with van der Waals surface area (Å²) in [6.07, 6.45) is 1.49. The largest absolute Gasteiger partial charge is 0.497 e. The monoisotopic (exact) mass is 407 g/mol. The topological polar surface area (TPSA) is 47.6 Å². The van der Waals surface area contributed by atoms with Crippen molar-refractivity contribution < 1.29 is 14.3 Å². The Kier molecular flexibility index (Phi) is 5.87. The van der Waals surface area contributed by atoms with Crippen molar-refractivity contribution in [1.82, 2.24) is 5.32 Å². The SMILES string of the molecule is COc1ccc2c(c1)OC(C)(C)CC2NC(=O)CCc1c(Cl)cccc1Cl. The highest BCUT2D eigenvalue weighted by atomic mass is 35.5. The number of carbonyl (C=O) groups excluding carboxylic acids is 1. The highest BCUT2D eigenvalue weighted by molar-refractivity contribution is 6.36. The molecule has 1 unspecified atom stereocenters. The van der Waals surface area contributed by atoms with E-state index in [1.54, 1.807) is 25.3 Å². The predicted octanol–water partition coefficient (Wildman–Crippen LogP) is 5.35. The molecule has 0 bridgehead atoms. The third kappa shape index (κ3) is 4.69. The number of benzene rings is 2. The maximum atomic E-state index is 12.6. The summed E-state index contributed by atoms with van der Waals surface area (Å²) in [5.74, 6) is 1.42. The first kappa shape index (κ1) is 19.8. The molecule has 4 nitrogen and oxygen atoms in total. The van der Waals surface area contributed by atoms with Crippen LogP contribution < -0.4 is 14.8 Å². The third-order valence-corrected chi connectivity index (χ3v) is 5.39. The Hall–Kier alpha value is -1.91. The van der Waals surface area contributed by atoms with Crippen molar-refractivity contribution in [1.29, 1.82) is 0 Å². The Bertz CT molecular complexity index is 831. The van der Waals surface area contributed by atoms with Crippen LogP contribution in [0.1, 0.15) is 43.9 Å². The van der Waals surface area contributed by atoms with Crippen molar-refractivity contribution >= 4 is 29.1 Å². The number of nitrogens with one attached hydrogen (secondary N) is 1. The van der Waals surface area contributed by atoms with E-state index in [0.29, 0.717) is 29.3 Å². The van der Waals surface area contributed by atoms with Gasteiger partial charge < -0.3 is 14.8 Å². The zero-order valence-electron chi connectivity index (χ0n) is 15.6. The standard InChI is InChI=1S/C21H23Cl2NO3/c1-21(2)12-18(15-8-7-13(26-3)11-19(15)27-21)24-20(25)10-9-14-16(22)5-4-6-17(14)23/h4-8,11,18H,9-10,12H2,1-3H3,(H,24,25). The second-order valence-electron chi connectivity index (χ2n) is 7.29. The Balaban J connectivity index is 1.72. The van der Waals surface area contributed by atoms with E-state index in [1.165, 1.54) is 0 Å². The number of fused-ring (bicyclic) bond motifs is 1. The van der Waals surface area contributed by atoms with Gasteiger partial charge in [0.05, 0.1) is 13.2 Å². The Morgan fingerprint density at radius 2 is 1.96 bits per heavy atom. The van der Waals surface area contributed by atoms with Crippen molar-refractivity contribution in [2.24, 2.45) is 0 Å². The van der Waals surface area contributed by atoms with Crippen LogP contribution >= 0.6 is 23.2 Å². The van der Waals surface area contributed by atoms with Gasteiger partial charge in [-0.2, -0.15) is 0 Å². The maximum Gasteiger partial charge on any atom is 0.220 e. The lowest BCUT2D eigenvalue weighted by atomic mass is 9.89. The van der Waals surface area contributed by atoms with E-state index in [1.807, 2.05) is 32.0 Å². The van der Waals surface area contributed by atoms with Gasteiger partial charge in [-0.1, -0.05) is 29.3 Å². The van der Waals surface area contributed by atoms with Crippen molar-refractivity contribution in [3.8, 4) is 11.5 Å². The van der Waals surface area contributed by atoms with Crippen LogP contribution in [0.25, 0.3) is 0 Å². The Morgan fingerprint density at radius 1 is 1.26 bits per heavy atom. The lowest BCUT2D eigenvalue weighted by molar-refractivity contribution is -0.122. The lowest BCUT2D eigenvalue weighted by Crippen LogP contribution is -2.41. The average molecular weight is 408 g/mol. The fraction of sp³-hybridized carbons (Fsp3) is 0.381. The van der Waals surface area contributed by atoms with E-state index >= 15 is 0 Å². The molecule has 144 valence electrons. The molecule has 1 aliphatic heterocycles. The fourth-order valence-electron chi connectivity index (χ4n) is 3.36. The second-order valence-corrected chi connectivity index (χ2v) is 8.10. The van der Waals surface area contributed by atoms with Crippen LogP contribution in [-0.4, -0.2) is 18.6 Å². The van der Waals surface area contributed by atoms with Gasteiger partial charge in [-0.05, 0) is 50.1 Å². The summed E-state index contributed by atoms with van der Waals surface area (Å²) in [6.45, 7) is 4.02. The Morgan fingerprint density at radius 3 is 2.63 bits per heavy atom. The summed E-state index contributed by atoms with van der Waals surface area (Å²) in [5.41, 5.74) is 1.37. The number of ether oxygens (including phenoxy) is 2. The molecule has 27 heavy (non-hydrogen) atoms. The summed E-state index contributed by atoms with van der Waals surface area (Å²) >= 11 is 12.4. The number of hydrogen-bond donors (Lipinski definition) is 1. The van der Waals surface area contributed by atoms with Crippen LogP contribution in [0.15, 0.2) is 36.4 Å². The molecule has 0 radical (unpaired) electrons. The van der Waals surface area contributed by atoms with Crippen LogP contribution in [0.4, 0.5) is 0 Å². The quantitative estimate of drug-likeness (QED) is 0.725. The molecular formula is C21H23Cl2NO3. The first-order chi connectivity index (χ1) is 12.8. The number of halogens is 2. The summed E-state index contributed by atoms with van der Waals surface area (Å²) in [5, 5.41) is 4.30. The number of hydrogen-bond acceptors (Lipinski definition) is 3. The minimum absolute atomic E-state index is 0.0459.